The molecule has 0 atom stereocenters. The number of anilines is 2. The lowest BCUT2D eigenvalue weighted by atomic mass is 10.0. The van der Waals surface area contributed by atoms with Crippen LogP contribution in [0.5, 0.6) is 0 Å². The van der Waals surface area contributed by atoms with Crippen molar-refractivity contribution in [2.45, 2.75) is 39.0 Å². The van der Waals surface area contributed by atoms with Crippen LogP contribution in [0.1, 0.15) is 25.2 Å². The van der Waals surface area contributed by atoms with Crippen LogP contribution in [0, 0.1) is 6.92 Å². The first-order valence-corrected chi connectivity index (χ1v) is 10.8. The third-order valence-corrected chi connectivity index (χ3v) is 5.92. The monoisotopic (exact) mass is 516 g/mol. The normalized spacial score (nSPS) is 12.4. The number of aliphatic hydroxyl groups is 1. The Labute approximate surface area is 203 Å². The number of imidazole rings is 1. The first kappa shape index (κ1) is 25.9. The largest absolute Gasteiger partial charge is 0.401 e. The van der Waals surface area contributed by atoms with Gasteiger partial charge in [0.15, 0.2) is 11.5 Å². The standard InChI is InChI=1S/C20H23F3N8OS.ClH/c1-12-8-31-15(13-5-25-26-6-13)7-24-18(31)17(27-12)28-16-4-14(29-33-16)9-30(10-20(21,22)23)19(2,3)11-32;/h4-8,32H,9-11H2,1-3H3,(H,25,26)(H,27,28);1H. The van der Waals surface area contributed by atoms with E-state index in [1.807, 2.05) is 17.5 Å². The predicted molar refractivity (Wildman–Crippen MR) is 126 cm³/mol. The number of aromatic amines is 1. The van der Waals surface area contributed by atoms with Crippen molar-refractivity contribution in [2.24, 2.45) is 0 Å². The molecular formula is C20H24ClF3N8OS. The van der Waals surface area contributed by atoms with Gasteiger partial charge in [-0.3, -0.25) is 14.4 Å². The molecule has 4 rings (SSSR count). The van der Waals surface area contributed by atoms with Gasteiger partial charge >= 0.3 is 6.18 Å². The summed E-state index contributed by atoms with van der Waals surface area (Å²) in [5, 5.41) is 20.1. The lowest BCUT2D eigenvalue weighted by molar-refractivity contribution is -0.162. The number of H-pyrrole nitrogens is 1. The number of halogens is 4. The fourth-order valence-corrected chi connectivity index (χ4v) is 4.01. The molecule has 184 valence electrons. The highest BCUT2D eigenvalue weighted by Crippen LogP contribution is 2.29. The van der Waals surface area contributed by atoms with Crippen molar-refractivity contribution in [2.75, 3.05) is 18.5 Å². The molecule has 3 N–H and O–H groups in total. The first-order valence-electron chi connectivity index (χ1n) is 10.0. The molecule has 0 aliphatic rings. The summed E-state index contributed by atoms with van der Waals surface area (Å²) in [5.41, 5.74) is 2.45. The Morgan fingerprint density at radius 1 is 1.26 bits per heavy atom. The summed E-state index contributed by atoms with van der Waals surface area (Å²) in [6.07, 6.45) is 2.65. The van der Waals surface area contributed by atoms with Gasteiger partial charge in [-0.15, -0.1) is 12.4 Å². The highest BCUT2D eigenvalue weighted by atomic mass is 35.5. The van der Waals surface area contributed by atoms with Crippen molar-refractivity contribution < 1.29 is 18.3 Å². The molecule has 4 heterocycles. The molecule has 14 heteroatoms. The van der Waals surface area contributed by atoms with E-state index in [-0.39, 0.29) is 19.0 Å². The molecule has 34 heavy (non-hydrogen) atoms. The minimum Gasteiger partial charge on any atom is -0.394 e. The van der Waals surface area contributed by atoms with Crippen LogP contribution in [0.4, 0.5) is 24.0 Å². The molecule has 0 aliphatic carbocycles. The highest BCUT2D eigenvalue weighted by Gasteiger charge is 2.37. The maximum absolute atomic E-state index is 13.1. The number of nitrogens with one attached hydrogen (secondary N) is 2. The van der Waals surface area contributed by atoms with Gasteiger partial charge in [0.1, 0.15) is 5.00 Å². The van der Waals surface area contributed by atoms with Gasteiger partial charge in [-0.1, -0.05) is 0 Å². The van der Waals surface area contributed by atoms with Gasteiger partial charge in [0.2, 0.25) is 0 Å². The van der Waals surface area contributed by atoms with Crippen molar-refractivity contribution in [3.05, 3.63) is 42.2 Å². The minimum absolute atomic E-state index is 0. The van der Waals surface area contributed by atoms with Crippen LogP contribution in [0.25, 0.3) is 16.9 Å². The number of nitrogens with zero attached hydrogens (tertiary/aromatic N) is 6. The second kappa shape index (κ2) is 9.86. The molecule has 0 fully saturated rings. The summed E-state index contributed by atoms with van der Waals surface area (Å²) < 4.78 is 45.4. The molecular weight excluding hydrogens is 493 g/mol. The van der Waals surface area contributed by atoms with Crippen LogP contribution in [-0.2, 0) is 6.54 Å². The third kappa shape index (κ3) is 5.66. The van der Waals surface area contributed by atoms with Gasteiger partial charge < -0.3 is 10.4 Å². The van der Waals surface area contributed by atoms with E-state index in [1.54, 1.807) is 38.5 Å². The molecule has 4 aromatic heterocycles. The lowest BCUT2D eigenvalue weighted by Gasteiger charge is -2.37. The number of rotatable bonds is 8. The van der Waals surface area contributed by atoms with E-state index >= 15 is 0 Å². The molecule has 0 aliphatic heterocycles. The maximum atomic E-state index is 13.1. The SMILES string of the molecule is Cc1cn2c(-c3cn[nH]c3)cnc2c(Nc2cc(CN(CC(F)(F)F)C(C)(C)CO)ns2)n1.Cl. The Balaban J connectivity index is 0.00000324. The van der Waals surface area contributed by atoms with Crippen LogP contribution in [0.2, 0.25) is 0 Å². The molecule has 0 bridgehead atoms. The number of hydrogen-bond acceptors (Lipinski definition) is 8. The van der Waals surface area contributed by atoms with E-state index in [0.717, 1.165) is 28.5 Å². The molecule has 0 saturated heterocycles. The predicted octanol–water partition coefficient (Wildman–Crippen LogP) is 4.18. The Morgan fingerprint density at radius 2 is 2.03 bits per heavy atom. The number of alkyl halides is 3. The van der Waals surface area contributed by atoms with Crippen LogP contribution < -0.4 is 5.32 Å². The summed E-state index contributed by atoms with van der Waals surface area (Å²) in [5.74, 6) is 0.503. The van der Waals surface area contributed by atoms with Crippen molar-refractivity contribution in [3.8, 4) is 11.3 Å². The Kier molecular flexibility index (Phi) is 7.50. The topological polar surface area (TPSA) is 107 Å². The van der Waals surface area contributed by atoms with E-state index in [2.05, 4.69) is 29.9 Å². The second-order valence-electron chi connectivity index (χ2n) is 8.30. The average molecular weight is 517 g/mol. The zero-order valence-electron chi connectivity index (χ0n) is 18.6. The quantitative estimate of drug-likeness (QED) is 0.322. The van der Waals surface area contributed by atoms with Crippen LogP contribution in [0.15, 0.2) is 30.9 Å². The molecule has 0 amide bonds. The number of aliphatic hydroxyl groups excluding tert-OH is 1. The summed E-state index contributed by atoms with van der Waals surface area (Å²) in [7, 11) is 0. The van der Waals surface area contributed by atoms with E-state index in [0.29, 0.717) is 22.2 Å². The van der Waals surface area contributed by atoms with Gasteiger partial charge in [-0.25, -0.2) is 9.97 Å². The molecule has 0 radical (unpaired) electrons. The number of fused-ring (bicyclic) bond motifs is 1. The summed E-state index contributed by atoms with van der Waals surface area (Å²) >= 11 is 1.12. The van der Waals surface area contributed by atoms with Gasteiger partial charge in [0.25, 0.3) is 0 Å². The van der Waals surface area contributed by atoms with Gasteiger partial charge in [0.05, 0.1) is 42.6 Å². The number of hydrogen-bond donors (Lipinski definition) is 3. The molecule has 4 aromatic rings. The molecule has 0 aromatic carbocycles. The fraction of sp³-hybridized carbons (Fsp3) is 0.400. The number of aryl methyl sites for hydroxylation is 1. The van der Waals surface area contributed by atoms with E-state index in [9.17, 15) is 18.3 Å². The summed E-state index contributed by atoms with van der Waals surface area (Å²) in [6, 6.07) is 1.68. The molecule has 9 nitrogen and oxygen atoms in total. The number of aromatic nitrogens is 6. The van der Waals surface area contributed by atoms with Gasteiger partial charge in [0, 0.05) is 30.0 Å². The molecule has 0 spiro atoms. The van der Waals surface area contributed by atoms with Crippen LogP contribution >= 0.6 is 23.9 Å². The van der Waals surface area contributed by atoms with E-state index in [1.165, 1.54) is 4.90 Å². The Morgan fingerprint density at radius 3 is 2.68 bits per heavy atom. The third-order valence-electron chi connectivity index (χ3n) is 5.17. The van der Waals surface area contributed by atoms with Gasteiger partial charge in [-0.05, 0) is 38.4 Å². The second-order valence-corrected chi connectivity index (χ2v) is 9.11. The summed E-state index contributed by atoms with van der Waals surface area (Å²) in [4.78, 5) is 10.2. The zero-order chi connectivity index (χ0) is 23.8. The van der Waals surface area contributed by atoms with Gasteiger partial charge in [-0.2, -0.15) is 22.6 Å². The van der Waals surface area contributed by atoms with Crippen LogP contribution in [0.3, 0.4) is 0 Å². The average Bonchev–Trinajstić information content (AvgIpc) is 3.47. The molecule has 0 saturated carbocycles. The maximum Gasteiger partial charge on any atom is 0.401 e. The van der Waals surface area contributed by atoms with E-state index < -0.39 is 24.9 Å². The first-order chi connectivity index (χ1) is 15.6. The van der Waals surface area contributed by atoms with Crippen molar-refractivity contribution in [3.63, 3.8) is 0 Å². The lowest BCUT2D eigenvalue weighted by Crippen LogP contribution is -2.50. The van der Waals surface area contributed by atoms with Crippen molar-refractivity contribution >= 4 is 40.4 Å². The minimum atomic E-state index is -4.39. The zero-order valence-corrected chi connectivity index (χ0v) is 20.2. The Hall–Kier alpha value is -2.74. The van der Waals surface area contributed by atoms with E-state index in [4.69, 9.17) is 0 Å². The molecule has 0 unspecified atom stereocenters. The van der Waals surface area contributed by atoms with Crippen molar-refractivity contribution in [1.29, 1.82) is 0 Å². The Bertz CT molecular complexity index is 1240. The smallest absolute Gasteiger partial charge is 0.394 e. The highest BCUT2D eigenvalue weighted by molar-refractivity contribution is 7.10. The fourth-order valence-electron chi connectivity index (χ4n) is 3.36. The summed E-state index contributed by atoms with van der Waals surface area (Å²) in [6.45, 7) is 3.36. The van der Waals surface area contributed by atoms with Crippen LogP contribution in [-0.4, -0.2) is 63.8 Å². The van der Waals surface area contributed by atoms with Crippen molar-refractivity contribution in [1.82, 2.24) is 33.8 Å².